The molecule has 0 atom stereocenters. The minimum Gasteiger partial charge on any atom is -0.490 e. The van der Waals surface area contributed by atoms with Gasteiger partial charge in [0.15, 0.2) is 16.7 Å². The van der Waals surface area contributed by atoms with Gasteiger partial charge < -0.3 is 9.47 Å². The van der Waals surface area contributed by atoms with Crippen molar-refractivity contribution in [1.82, 2.24) is 4.90 Å². The quantitative estimate of drug-likeness (QED) is 0.521. The summed E-state index contributed by atoms with van der Waals surface area (Å²) in [5.74, 6) is 2.84. The van der Waals surface area contributed by atoms with Gasteiger partial charge in [-0.1, -0.05) is 24.1 Å². The molecule has 1 saturated heterocycles. The monoisotopic (exact) mass is 410 g/mol. The summed E-state index contributed by atoms with van der Waals surface area (Å²) in [5.41, 5.74) is 0.947. The van der Waals surface area contributed by atoms with Crippen LogP contribution in [0.25, 0.3) is 6.08 Å². The third-order valence-electron chi connectivity index (χ3n) is 3.95. The van der Waals surface area contributed by atoms with Crippen LogP contribution in [0.3, 0.4) is 0 Å². The molecule has 0 aliphatic carbocycles. The normalized spacial score (nSPS) is 16.3. The summed E-state index contributed by atoms with van der Waals surface area (Å²) >= 11 is 1.18. The SMILES string of the molecule is C#CCOc1ccc(/C=C2/SC(=Nc3ccccc3F)N(C)C2=O)cc1OCC. The van der Waals surface area contributed by atoms with Gasteiger partial charge >= 0.3 is 0 Å². The molecule has 1 fully saturated rings. The van der Waals surface area contributed by atoms with Crippen molar-refractivity contribution >= 4 is 34.6 Å². The topological polar surface area (TPSA) is 51.1 Å². The number of hydrogen-bond donors (Lipinski definition) is 0. The molecular formula is C22H19FN2O3S. The lowest BCUT2D eigenvalue weighted by Gasteiger charge is -2.11. The fraction of sp³-hybridized carbons (Fsp3) is 0.182. The molecule has 2 aromatic carbocycles. The molecule has 1 aliphatic rings. The highest BCUT2D eigenvalue weighted by Gasteiger charge is 2.30. The van der Waals surface area contributed by atoms with Gasteiger partial charge in [0.2, 0.25) is 0 Å². The average Bonchev–Trinajstić information content (AvgIpc) is 2.97. The Morgan fingerprint density at radius 1 is 1.24 bits per heavy atom. The molecule has 3 rings (SSSR count). The summed E-state index contributed by atoms with van der Waals surface area (Å²) in [5, 5.41) is 0.408. The van der Waals surface area contributed by atoms with E-state index in [1.807, 2.05) is 6.92 Å². The third kappa shape index (κ3) is 4.79. The average molecular weight is 410 g/mol. The molecule has 0 radical (unpaired) electrons. The highest BCUT2D eigenvalue weighted by molar-refractivity contribution is 8.18. The molecule has 0 spiro atoms. The number of hydrogen-bond acceptors (Lipinski definition) is 5. The maximum absolute atomic E-state index is 13.9. The molecule has 0 aromatic heterocycles. The Kier molecular flexibility index (Phi) is 6.57. The number of carbonyl (C=O) groups excluding carboxylic acids is 1. The Labute approximate surface area is 173 Å². The number of benzene rings is 2. The number of amides is 1. The van der Waals surface area contributed by atoms with E-state index in [4.69, 9.17) is 15.9 Å². The number of likely N-dealkylation sites (N-methyl/N-ethyl adjacent to an activating group) is 1. The summed E-state index contributed by atoms with van der Waals surface area (Å²) in [6.45, 7) is 2.46. The first-order valence-corrected chi connectivity index (χ1v) is 9.69. The molecule has 148 valence electrons. The molecule has 0 N–H and O–H groups in total. The van der Waals surface area contributed by atoms with E-state index in [0.717, 1.165) is 5.56 Å². The van der Waals surface area contributed by atoms with Crippen molar-refractivity contribution in [1.29, 1.82) is 0 Å². The zero-order valence-corrected chi connectivity index (χ0v) is 16.8. The van der Waals surface area contributed by atoms with Gasteiger partial charge in [0, 0.05) is 7.05 Å². The number of para-hydroxylation sites is 1. The fourth-order valence-electron chi connectivity index (χ4n) is 2.57. The van der Waals surface area contributed by atoms with E-state index in [-0.39, 0.29) is 18.2 Å². The second-order valence-corrected chi connectivity index (χ2v) is 6.96. The first-order valence-electron chi connectivity index (χ1n) is 8.87. The third-order valence-corrected chi connectivity index (χ3v) is 5.01. The van der Waals surface area contributed by atoms with E-state index in [1.165, 1.54) is 22.7 Å². The fourth-order valence-corrected chi connectivity index (χ4v) is 3.55. The van der Waals surface area contributed by atoms with Crippen LogP contribution in [0.2, 0.25) is 0 Å². The van der Waals surface area contributed by atoms with Crippen LogP contribution in [0.1, 0.15) is 12.5 Å². The van der Waals surface area contributed by atoms with Crippen molar-refractivity contribution in [2.45, 2.75) is 6.92 Å². The predicted octanol–water partition coefficient (Wildman–Crippen LogP) is 4.47. The van der Waals surface area contributed by atoms with E-state index in [0.29, 0.717) is 28.2 Å². The van der Waals surface area contributed by atoms with Gasteiger partial charge in [-0.2, -0.15) is 0 Å². The molecule has 1 aliphatic heterocycles. The van der Waals surface area contributed by atoms with E-state index >= 15 is 0 Å². The number of amidine groups is 1. The second-order valence-electron chi connectivity index (χ2n) is 5.95. The van der Waals surface area contributed by atoms with Crippen LogP contribution >= 0.6 is 11.8 Å². The maximum Gasteiger partial charge on any atom is 0.266 e. The summed E-state index contributed by atoms with van der Waals surface area (Å²) in [6, 6.07) is 11.5. The maximum atomic E-state index is 13.9. The minimum atomic E-state index is -0.442. The second kappa shape index (κ2) is 9.30. The van der Waals surface area contributed by atoms with Crippen LogP contribution in [-0.2, 0) is 4.79 Å². The van der Waals surface area contributed by atoms with Crippen molar-refractivity contribution in [2.24, 2.45) is 4.99 Å². The molecule has 5 nitrogen and oxygen atoms in total. The van der Waals surface area contributed by atoms with Gasteiger partial charge in [-0.3, -0.25) is 9.69 Å². The summed E-state index contributed by atoms with van der Waals surface area (Å²) in [7, 11) is 1.61. The first-order chi connectivity index (χ1) is 14.0. The molecule has 0 saturated carbocycles. The van der Waals surface area contributed by atoms with Gasteiger partial charge in [-0.15, -0.1) is 6.42 Å². The summed E-state index contributed by atoms with van der Waals surface area (Å²) < 4.78 is 25.0. The smallest absolute Gasteiger partial charge is 0.266 e. The Hall–Kier alpha value is -3.24. The van der Waals surface area contributed by atoms with Crippen LogP contribution in [0.15, 0.2) is 52.4 Å². The van der Waals surface area contributed by atoms with E-state index in [2.05, 4.69) is 10.9 Å². The van der Waals surface area contributed by atoms with Gasteiger partial charge in [0.25, 0.3) is 5.91 Å². The van der Waals surface area contributed by atoms with Crippen LogP contribution < -0.4 is 9.47 Å². The number of thioether (sulfide) groups is 1. The van der Waals surface area contributed by atoms with Crippen LogP contribution in [-0.4, -0.2) is 36.2 Å². The molecule has 2 aromatic rings. The molecular weight excluding hydrogens is 391 g/mol. The van der Waals surface area contributed by atoms with E-state index < -0.39 is 5.82 Å². The molecule has 1 heterocycles. The number of ether oxygens (including phenoxy) is 2. The van der Waals surface area contributed by atoms with Crippen molar-refractivity contribution in [2.75, 3.05) is 20.3 Å². The molecule has 1 amide bonds. The Morgan fingerprint density at radius 2 is 2.03 bits per heavy atom. The van der Waals surface area contributed by atoms with Crippen LogP contribution in [0, 0.1) is 18.2 Å². The molecule has 7 heteroatoms. The Bertz CT molecular complexity index is 1030. The lowest BCUT2D eigenvalue weighted by Crippen LogP contribution is -2.23. The molecule has 0 bridgehead atoms. The van der Waals surface area contributed by atoms with E-state index in [1.54, 1.807) is 49.5 Å². The Morgan fingerprint density at radius 3 is 2.76 bits per heavy atom. The van der Waals surface area contributed by atoms with Gasteiger partial charge in [0.1, 0.15) is 18.1 Å². The van der Waals surface area contributed by atoms with Crippen molar-refractivity contribution in [3.8, 4) is 23.8 Å². The highest BCUT2D eigenvalue weighted by Crippen LogP contribution is 2.35. The number of terminal acetylenes is 1. The van der Waals surface area contributed by atoms with Crippen LogP contribution in [0.5, 0.6) is 11.5 Å². The predicted molar refractivity (Wildman–Crippen MR) is 114 cm³/mol. The number of halogens is 1. The van der Waals surface area contributed by atoms with Gasteiger partial charge in [0.05, 0.1) is 11.5 Å². The minimum absolute atomic E-state index is 0.134. The highest BCUT2D eigenvalue weighted by atomic mass is 32.2. The Balaban J connectivity index is 1.88. The van der Waals surface area contributed by atoms with Crippen molar-refractivity contribution in [3.05, 3.63) is 58.8 Å². The van der Waals surface area contributed by atoms with Crippen LogP contribution in [0.4, 0.5) is 10.1 Å². The zero-order chi connectivity index (χ0) is 20.8. The standard InChI is InChI=1S/C22H19FN2O3S/c1-4-12-28-18-11-10-15(13-19(18)27-5-2)14-20-21(26)25(3)22(29-20)24-17-9-7-6-8-16(17)23/h1,6-11,13-14H,5,12H2,2-3H3/b20-14+,24-22?. The molecule has 29 heavy (non-hydrogen) atoms. The van der Waals surface area contributed by atoms with Crippen molar-refractivity contribution < 1.29 is 18.7 Å². The van der Waals surface area contributed by atoms with Gasteiger partial charge in [-0.25, -0.2) is 9.38 Å². The number of rotatable bonds is 6. The molecule has 0 unspecified atom stereocenters. The lowest BCUT2D eigenvalue weighted by molar-refractivity contribution is -0.121. The first kappa shape index (κ1) is 20.5. The lowest BCUT2D eigenvalue weighted by atomic mass is 10.2. The largest absolute Gasteiger partial charge is 0.490 e. The van der Waals surface area contributed by atoms with Crippen molar-refractivity contribution in [3.63, 3.8) is 0 Å². The number of aliphatic imine (C=N–C) groups is 1. The summed E-state index contributed by atoms with van der Waals surface area (Å²) in [6.07, 6.45) is 6.98. The van der Waals surface area contributed by atoms with Gasteiger partial charge in [-0.05, 0) is 54.6 Å². The number of nitrogens with zero attached hydrogens (tertiary/aromatic N) is 2. The van der Waals surface area contributed by atoms with E-state index in [9.17, 15) is 9.18 Å². The zero-order valence-electron chi connectivity index (χ0n) is 16.0. The number of carbonyl (C=O) groups is 1. The summed E-state index contributed by atoms with van der Waals surface area (Å²) in [4.78, 5) is 18.8.